The molecule has 7 heteroatoms. The molecule has 1 N–H and O–H groups in total. The summed E-state index contributed by atoms with van der Waals surface area (Å²) >= 11 is 0. The first-order valence-corrected chi connectivity index (χ1v) is 9.52. The highest BCUT2D eigenvalue weighted by Crippen LogP contribution is 2.31. The van der Waals surface area contributed by atoms with Crippen LogP contribution >= 0.6 is 0 Å². The summed E-state index contributed by atoms with van der Waals surface area (Å²) in [5.41, 5.74) is 0.644. The highest BCUT2D eigenvalue weighted by Gasteiger charge is 2.26. The molecule has 1 saturated carbocycles. The van der Waals surface area contributed by atoms with E-state index in [2.05, 4.69) is 12.2 Å². The number of hydrogen-bond donors (Lipinski definition) is 1. The van der Waals surface area contributed by atoms with Crippen LogP contribution in [-0.2, 0) is 19.1 Å². The summed E-state index contributed by atoms with van der Waals surface area (Å²) in [5.74, 6) is 0.0938. The van der Waals surface area contributed by atoms with Crippen LogP contribution in [0.25, 0.3) is 0 Å². The van der Waals surface area contributed by atoms with Crippen molar-refractivity contribution in [2.24, 2.45) is 5.92 Å². The quantitative estimate of drug-likeness (QED) is 0.770. The molecular weight excluding hydrogens is 348 g/mol. The number of hydrogen-bond acceptors (Lipinski definition) is 5. The SMILES string of the molecule is C[C@H]1CCCC[C@@H]1NC(=O)COC(=O)CCN1C(=O)COc2ccccc21. The number of nitrogens with one attached hydrogen (secondary N) is 1. The Morgan fingerprint density at radius 1 is 1.26 bits per heavy atom. The van der Waals surface area contributed by atoms with Crippen LogP contribution in [0.4, 0.5) is 5.69 Å². The first kappa shape index (κ1) is 19.2. The number of fused-ring (bicyclic) bond motifs is 1. The van der Waals surface area contributed by atoms with Gasteiger partial charge in [0.15, 0.2) is 13.2 Å². The second-order valence-electron chi connectivity index (χ2n) is 7.15. The topological polar surface area (TPSA) is 84.9 Å². The van der Waals surface area contributed by atoms with Gasteiger partial charge in [0, 0.05) is 12.6 Å². The van der Waals surface area contributed by atoms with Gasteiger partial charge in [-0.3, -0.25) is 14.4 Å². The Balaban J connectivity index is 1.43. The van der Waals surface area contributed by atoms with E-state index < -0.39 is 5.97 Å². The Hall–Kier alpha value is -2.57. The molecule has 2 atom stereocenters. The predicted molar refractivity (Wildman–Crippen MR) is 99.4 cm³/mol. The first-order chi connectivity index (χ1) is 13.0. The van der Waals surface area contributed by atoms with Crippen molar-refractivity contribution < 1.29 is 23.9 Å². The lowest BCUT2D eigenvalue weighted by atomic mass is 9.86. The first-order valence-electron chi connectivity index (χ1n) is 9.52. The monoisotopic (exact) mass is 374 g/mol. The number of benzene rings is 1. The highest BCUT2D eigenvalue weighted by atomic mass is 16.5. The van der Waals surface area contributed by atoms with Crippen molar-refractivity contribution in [1.82, 2.24) is 5.32 Å². The van der Waals surface area contributed by atoms with E-state index >= 15 is 0 Å². The van der Waals surface area contributed by atoms with Crippen LogP contribution in [0.1, 0.15) is 39.0 Å². The lowest BCUT2D eigenvalue weighted by molar-refractivity contribution is -0.148. The minimum atomic E-state index is -0.501. The zero-order chi connectivity index (χ0) is 19.2. The van der Waals surface area contributed by atoms with E-state index in [1.807, 2.05) is 12.1 Å². The van der Waals surface area contributed by atoms with Crippen molar-refractivity contribution in [2.45, 2.75) is 45.1 Å². The Morgan fingerprint density at radius 2 is 2.04 bits per heavy atom. The summed E-state index contributed by atoms with van der Waals surface area (Å²) in [6.45, 7) is 2.00. The van der Waals surface area contributed by atoms with Gasteiger partial charge in [-0.2, -0.15) is 0 Å². The lowest BCUT2D eigenvalue weighted by Gasteiger charge is -2.29. The Kier molecular flexibility index (Phi) is 6.32. The van der Waals surface area contributed by atoms with Gasteiger partial charge in [0.1, 0.15) is 5.75 Å². The summed E-state index contributed by atoms with van der Waals surface area (Å²) < 4.78 is 10.4. The molecule has 2 aliphatic rings. The number of para-hydroxylation sites is 2. The van der Waals surface area contributed by atoms with Crippen molar-refractivity contribution in [3.05, 3.63) is 24.3 Å². The molecular formula is C20H26N2O5. The van der Waals surface area contributed by atoms with Gasteiger partial charge in [0.25, 0.3) is 11.8 Å². The van der Waals surface area contributed by atoms with Crippen LogP contribution in [0.5, 0.6) is 5.75 Å². The number of carbonyl (C=O) groups is 3. The Bertz CT molecular complexity index is 705. The van der Waals surface area contributed by atoms with Crippen molar-refractivity contribution in [2.75, 3.05) is 24.7 Å². The maximum absolute atomic E-state index is 12.1. The van der Waals surface area contributed by atoms with Crippen molar-refractivity contribution in [3.8, 4) is 5.75 Å². The molecule has 3 rings (SSSR count). The normalized spacial score (nSPS) is 21.8. The molecule has 146 valence electrons. The summed E-state index contributed by atoms with van der Waals surface area (Å²) in [6.07, 6.45) is 4.42. The fourth-order valence-corrected chi connectivity index (χ4v) is 3.60. The van der Waals surface area contributed by atoms with Crippen LogP contribution in [0.2, 0.25) is 0 Å². The molecule has 0 bridgehead atoms. The third-order valence-electron chi connectivity index (χ3n) is 5.17. The third-order valence-corrected chi connectivity index (χ3v) is 5.17. The zero-order valence-corrected chi connectivity index (χ0v) is 15.6. The van der Waals surface area contributed by atoms with Gasteiger partial charge >= 0.3 is 5.97 Å². The molecule has 1 aromatic rings. The second-order valence-corrected chi connectivity index (χ2v) is 7.15. The summed E-state index contributed by atoms with van der Waals surface area (Å²) in [7, 11) is 0. The smallest absolute Gasteiger partial charge is 0.308 e. The molecule has 27 heavy (non-hydrogen) atoms. The Labute approximate surface area is 159 Å². The molecule has 0 saturated heterocycles. The van der Waals surface area contributed by atoms with Crippen LogP contribution in [0.3, 0.4) is 0 Å². The molecule has 0 aromatic heterocycles. The van der Waals surface area contributed by atoms with E-state index in [1.165, 1.54) is 11.3 Å². The molecule has 1 fully saturated rings. The average molecular weight is 374 g/mol. The van der Waals surface area contributed by atoms with E-state index in [1.54, 1.807) is 12.1 Å². The van der Waals surface area contributed by atoms with Gasteiger partial charge in [0.05, 0.1) is 12.1 Å². The van der Waals surface area contributed by atoms with Crippen molar-refractivity contribution in [1.29, 1.82) is 0 Å². The maximum Gasteiger partial charge on any atom is 0.308 e. The average Bonchev–Trinajstić information content (AvgIpc) is 2.67. The molecule has 0 radical (unpaired) electrons. The van der Waals surface area contributed by atoms with Gasteiger partial charge in [0.2, 0.25) is 0 Å². The standard InChI is InChI=1S/C20H26N2O5/c1-14-6-2-3-7-15(14)21-18(23)12-27-20(25)10-11-22-16-8-4-5-9-17(16)26-13-19(22)24/h4-5,8-9,14-15H,2-3,6-7,10-13H2,1H3,(H,21,23)/t14-,15-/m0/s1. The van der Waals surface area contributed by atoms with E-state index in [9.17, 15) is 14.4 Å². The van der Waals surface area contributed by atoms with E-state index in [-0.39, 0.29) is 44.0 Å². The molecule has 1 aliphatic carbocycles. The lowest BCUT2D eigenvalue weighted by Crippen LogP contribution is -2.43. The van der Waals surface area contributed by atoms with Gasteiger partial charge < -0.3 is 19.7 Å². The maximum atomic E-state index is 12.1. The zero-order valence-electron chi connectivity index (χ0n) is 15.6. The van der Waals surface area contributed by atoms with Gasteiger partial charge in [-0.25, -0.2) is 0 Å². The summed E-state index contributed by atoms with van der Waals surface area (Å²) in [4.78, 5) is 37.6. The number of rotatable bonds is 6. The largest absolute Gasteiger partial charge is 0.482 e. The Morgan fingerprint density at radius 3 is 2.85 bits per heavy atom. The van der Waals surface area contributed by atoms with E-state index in [0.29, 0.717) is 17.4 Å². The number of carbonyl (C=O) groups excluding carboxylic acids is 3. The van der Waals surface area contributed by atoms with Crippen LogP contribution in [0, 0.1) is 5.92 Å². The molecule has 0 spiro atoms. The van der Waals surface area contributed by atoms with Gasteiger partial charge in [-0.15, -0.1) is 0 Å². The number of nitrogens with zero attached hydrogens (tertiary/aromatic N) is 1. The van der Waals surface area contributed by atoms with Gasteiger partial charge in [-0.1, -0.05) is 31.9 Å². The highest BCUT2D eigenvalue weighted by molar-refractivity contribution is 5.98. The number of esters is 1. The van der Waals surface area contributed by atoms with E-state index in [0.717, 1.165) is 19.3 Å². The minimum Gasteiger partial charge on any atom is -0.482 e. The third kappa shape index (κ3) is 4.99. The van der Waals surface area contributed by atoms with Crippen LogP contribution in [0.15, 0.2) is 24.3 Å². The van der Waals surface area contributed by atoms with Crippen LogP contribution in [-0.4, -0.2) is 43.6 Å². The van der Waals surface area contributed by atoms with Gasteiger partial charge in [-0.05, 0) is 30.9 Å². The fourth-order valence-electron chi connectivity index (χ4n) is 3.60. The molecule has 7 nitrogen and oxygen atoms in total. The molecule has 1 aromatic carbocycles. The minimum absolute atomic E-state index is 0.0210. The van der Waals surface area contributed by atoms with Crippen molar-refractivity contribution >= 4 is 23.5 Å². The summed E-state index contributed by atoms with van der Waals surface area (Å²) in [5, 5.41) is 2.95. The number of anilines is 1. The van der Waals surface area contributed by atoms with Crippen LogP contribution < -0.4 is 15.0 Å². The predicted octanol–water partition coefficient (Wildman–Crippen LogP) is 2.04. The fraction of sp³-hybridized carbons (Fsp3) is 0.550. The molecule has 1 heterocycles. The van der Waals surface area contributed by atoms with E-state index in [4.69, 9.17) is 9.47 Å². The molecule has 1 aliphatic heterocycles. The second kappa shape index (κ2) is 8.88. The van der Waals surface area contributed by atoms with Crippen molar-refractivity contribution in [3.63, 3.8) is 0 Å². The molecule has 2 amide bonds. The number of ether oxygens (including phenoxy) is 2. The summed E-state index contributed by atoms with van der Waals surface area (Å²) in [6, 6.07) is 7.35. The number of amides is 2. The molecule has 0 unspecified atom stereocenters.